The first kappa shape index (κ1) is 13.8. The van der Waals surface area contributed by atoms with Crippen LogP contribution in [0.1, 0.15) is 42.5 Å². The van der Waals surface area contributed by atoms with E-state index in [-0.39, 0.29) is 17.7 Å². The van der Waals surface area contributed by atoms with Crippen LogP contribution in [0.15, 0.2) is 18.5 Å². The zero-order valence-corrected chi connectivity index (χ0v) is 11.1. The molecule has 1 saturated carbocycles. The number of hydrogen-bond donors (Lipinski definition) is 2. The van der Waals surface area contributed by atoms with Gasteiger partial charge in [0.2, 0.25) is 0 Å². The fourth-order valence-corrected chi connectivity index (χ4v) is 2.70. The average Bonchev–Trinajstić information content (AvgIpc) is 2.45. The van der Waals surface area contributed by atoms with E-state index in [2.05, 4.69) is 4.98 Å². The topological polar surface area (TPSA) is 79.5 Å². The van der Waals surface area contributed by atoms with Gasteiger partial charge in [-0.25, -0.2) is 0 Å². The molecule has 1 aliphatic rings. The molecule has 0 bridgehead atoms. The fourth-order valence-electron chi connectivity index (χ4n) is 2.70. The van der Waals surface area contributed by atoms with Gasteiger partial charge in [0.1, 0.15) is 5.75 Å². The summed E-state index contributed by atoms with van der Waals surface area (Å²) in [5.74, 6) is -0.206. The summed E-state index contributed by atoms with van der Waals surface area (Å²) in [6.07, 6.45) is 8.42. The maximum atomic E-state index is 12.5. The summed E-state index contributed by atoms with van der Waals surface area (Å²) in [6, 6.07) is 1.81. The molecule has 1 amide bonds. The molecule has 2 rings (SSSR count). The summed E-state index contributed by atoms with van der Waals surface area (Å²) in [5.41, 5.74) is 5.94. The van der Waals surface area contributed by atoms with Gasteiger partial charge in [-0.3, -0.25) is 9.78 Å². The smallest absolute Gasteiger partial charge is 0.258 e. The van der Waals surface area contributed by atoms with Crippen molar-refractivity contribution in [1.82, 2.24) is 9.88 Å². The van der Waals surface area contributed by atoms with E-state index in [1.54, 1.807) is 6.07 Å². The van der Waals surface area contributed by atoms with Crippen LogP contribution < -0.4 is 5.73 Å². The Labute approximate surface area is 113 Å². The molecule has 3 N–H and O–H groups in total. The van der Waals surface area contributed by atoms with Crippen molar-refractivity contribution in [3.8, 4) is 5.75 Å². The lowest BCUT2D eigenvalue weighted by Crippen LogP contribution is -2.44. The van der Waals surface area contributed by atoms with Crippen LogP contribution in [0.2, 0.25) is 0 Å². The molecule has 5 nitrogen and oxygen atoms in total. The van der Waals surface area contributed by atoms with Gasteiger partial charge in [-0.05, 0) is 18.9 Å². The van der Waals surface area contributed by atoms with Gasteiger partial charge in [-0.2, -0.15) is 0 Å². The largest absolute Gasteiger partial charge is 0.505 e. The van der Waals surface area contributed by atoms with Crippen molar-refractivity contribution in [2.24, 2.45) is 5.73 Å². The second-order valence-corrected chi connectivity index (χ2v) is 4.97. The molecule has 1 heterocycles. The second-order valence-electron chi connectivity index (χ2n) is 4.97. The van der Waals surface area contributed by atoms with Gasteiger partial charge >= 0.3 is 0 Å². The van der Waals surface area contributed by atoms with E-state index in [0.717, 1.165) is 25.7 Å². The highest BCUT2D eigenvalue weighted by molar-refractivity contribution is 5.96. The molecular weight excluding hydrogens is 242 g/mol. The van der Waals surface area contributed by atoms with Crippen LogP contribution in [-0.4, -0.2) is 40.0 Å². The van der Waals surface area contributed by atoms with E-state index in [1.165, 1.54) is 18.8 Å². The Morgan fingerprint density at radius 3 is 2.79 bits per heavy atom. The number of carbonyl (C=O) groups is 1. The van der Waals surface area contributed by atoms with Gasteiger partial charge in [0, 0.05) is 25.3 Å². The Hall–Kier alpha value is -1.62. The molecule has 0 spiro atoms. The number of rotatable bonds is 4. The third-order valence-corrected chi connectivity index (χ3v) is 3.68. The third kappa shape index (κ3) is 3.23. The summed E-state index contributed by atoms with van der Waals surface area (Å²) < 4.78 is 0. The molecule has 0 aromatic carbocycles. The van der Waals surface area contributed by atoms with Gasteiger partial charge in [-0.1, -0.05) is 19.3 Å². The van der Waals surface area contributed by atoms with Crippen LogP contribution in [0.4, 0.5) is 0 Å². The standard InChI is InChI=1S/C14H21N3O2/c15-7-9-17(11-4-2-1-3-5-11)14(19)12-6-8-16-10-13(12)18/h6,8,10-11,18H,1-5,7,9,15H2. The monoisotopic (exact) mass is 263 g/mol. The summed E-state index contributed by atoms with van der Waals surface area (Å²) in [6.45, 7) is 0.972. The zero-order valence-electron chi connectivity index (χ0n) is 11.1. The number of carbonyl (C=O) groups excluding carboxylic acids is 1. The molecule has 1 aromatic heterocycles. The Balaban J connectivity index is 2.18. The lowest BCUT2D eigenvalue weighted by Gasteiger charge is -2.34. The predicted molar refractivity (Wildman–Crippen MR) is 72.9 cm³/mol. The zero-order chi connectivity index (χ0) is 13.7. The average molecular weight is 263 g/mol. The van der Waals surface area contributed by atoms with E-state index < -0.39 is 0 Å². The van der Waals surface area contributed by atoms with E-state index in [0.29, 0.717) is 18.7 Å². The number of nitrogens with two attached hydrogens (primary N) is 1. The fraction of sp³-hybridized carbons (Fsp3) is 0.571. The van der Waals surface area contributed by atoms with Gasteiger partial charge < -0.3 is 15.7 Å². The Kier molecular flexibility index (Phi) is 4.74. The van der Waals surface area contributed by atoms with Gasteiger partial charge in [-0.15, -0.1) is 0 Å². The molecule has 0 radical (unpaired) electrons. The Morgan fingerprint density at radius 1 is 1.42 bits per heavy atom. The van der Waals surface area contributed by atoms with E-state index in [9.17, 15) is 9.90 Å². The van der Waals surface area contributed by atoms with Crippen LogP contribution in [0.25, 0.3) is 0 Å². The van der Waals surface area contributed by atoms with Crippen molar-refractivity contribution >= 4 is 5.91 Å². The molecule has 0 unspecified atom stereocenters. The van der Waals surface area contributed by atoms with E-state index in [1.807, 2.05) is 4.90 Å². The minimum Gasteiger partial charge on any atom is -0.505 e. The number of aromatic hydroxyl groups is 1. The summed E-state index contributed by atoms with van der Waals surface area (Å²) >= 11 is 0. The van der Waals surface area contributed by atoms with Gasteiger partial charge in [0.15, 0.2) is 0 Å². The van der Waals surface area contributed by atoms with Crippen LogP contribution in [0, 0.1) is 0 Å². The number of pyridine rings is 1. The lowest BCUT2D eigenvalue weighted by molar-refractivity contribution is 0.0638. The molecule has 1 aliphatic carbocycles. The number of amides is 1. The van der Waals surface area contributed by atoms with Gasteiger partial charge in [0.05, 0.1) is 11.8 Å². The van der Waals surface area contributed by atoms with Crippen molar-refractivity contribution in [2.75, 3.05) is 13.1 Å². The van der Waals surface area contributed by atoms with Crippen LogP contribution in [0.3, 0.4) is 0 Å². The molecule has 0 atom stereocenters. The lowest BCUT2D eigenvalue weighted by atomic mass is 9.93. The van der Waals surface area contributed by atoms with E-state index in [4.69, 9.17) is 5.73 Å². The maximum Gasteiger partial charge on any atom is 0.258 e. The molecule has 1 aromatic rings. The van der Waals surface area contributed by atoms with E-state index >= 15 is 0 Å². The SMILES string of the molecule is NCCN(C(=O)c1ccncc1O)C1CCCCC1. The third-order valence-electron chi connectivity index (χ3n) is 3.68. The van der Waals surface area contributed by atoms with Crippen LogP contribution >= 0.6 is 0 Å². The first-order chi connectivity index (χ1) is 9.24. The summed E-state index contributed by atoms with van der Waals surface area (Å²) in [5, 5.41) is 9.76. The number of hydrogen-bond acceptors (Lipinski definition) is 4. The molecule has 104 valence electrons. The summed E-state index contributed by atoms with van der Waals surface area (Å²) in [4.78, 5) is 18.2. The minimum absolute atomic E-state index is 0.0645. The Bertz CT molecular complexity index is 430. The quantitative estimate of drug-likeness (QED) is 0.863. The maximum absolute atomic E-state index is 12.5. The minimum atomic E-state index is -0.141. The molecule has 5 heteroatoms. The highest BCUT2D eigenvalue weighted by atomic mass is 16.3. The highest BCUT2D eigenvalue weighted by Crippen LogP contribution is 2.25. The molecule has 1 fully saturated rings. The van der Waals surface area contributed by atoms with Crippen molar-refractivity contribution in [2.45, 2.75) is 38.1 Å². The first-order valence-electron chi connectivity index (χ1n) is 6.88. The highest BCUT2D eigenvalue weighted by Gasteiger charge is 2.27. The van der Waals surface area contributed by atoms with Crippen LogP contribution in [0.5, 0.6) is 5.75 Å². The van der Waals surface area contributed by atoms with Gasteiger partial charge in [0.25, 0.3) is 5.91 Å². The van der Waals surface area contributed by atoms with Crippen molar-refractivity contribution < 1.29 is 9.90 Å². The van der Waals surface area contributed by atoms with Crippen molar-refractivity contribution in [3.05, 3.63) is 24.0 Å². The molecule has 19 heavy (non-hydrogen) atoms. The molecule has 0 aliphatic heterocycles. The second kappa shape index (κ2) is 6.52. The first-order valence-corrected chi connectivity index (χ1v) is 6.88. The normalized spacial score (nSPS) is 16.3. The predicted octanol–water partition coefficient (Wildman–Crippen LogP) is 1.52. The molecule has 0 saturated heterocycles. The number of nitrogens with zero attached hydrogens (tertiary/aromatic N) is 2. The van der Waals surface area contributed by atoms with Crippen LogP contribution in [-0.2, 0) is 0 Å². The van der Waals surface area contributed by atoms with Crippen molar-refractivity contribution in [1.29, 1.82) is 0 Å². The summed E-state index contributed by atoms with van der Waals surface area (Å²) in [7, 11) is 0. The Morgan fingerprint density at radius 2 is 2.16 bits per heavy atom. The van der Waals surface area contributed by atoms with Crippen molar-refractivity contribution in [3.63, 3.8) is 0 Å². The molecular formula is C14H21N3O2. The number of aromatic nitrogens is 1.